The van der Waals surface area contributed by atoms with Crippen molar-refractivity contribution in [2.75, 3.05) is 32.1 Å². The fraction of sp³-hybridized carbons (Fsp3) is 0.385. The van der Waals surface area contributed by atoms with Gasteiger partial charge in [0.25, 0.3) is 11.7 Å². The Morgan fingerprint density at radius 1 is 1.28 bits per heavy atom. The molecule has 0 saturated heterocycles. The summed E-state index contributed by atoms with van der Waals surface area (Å²) in [5.41, 5.74) is 1.21. The summed E-state index contributed by atoms with van der Waals surface area (Å²) in [4.78, 5) is 27.5. The Bertz CT molecular complexity index is 500. The fourth-order valence-electron chi connectivity index (χ4n) is 2.07. The lowest BCUT2D eigenvalue weighted by Gasteiger charge is -2.18. The fourth-order valence-corrected chi connectivity index (χ4v) is 2.60. The maximum Gasteiger partial charge on any atom is 0.299 e. The second kappa shape index (κ2) is 5.20. The third-order valence-electron chi connectivity index (χ3n) is 2.94. The van der Waals surface area contributed by atoms with E-state index < -0.39 is 11.7 Å². The number of rotatable bonds is 4. The first kappa shape index (κ1) is 13.2. The van der Waals surface area contributed by atoms with Gasteiger partial charge in [0.05, 0.1) is 11.3 Å². The number of hydrogen-bond acceptors (Lipinski definition) is 3. The van der Waals surface area contributed by atoms with Gasteiger partial charge in [-0.15, -0.1) is 0 Å². The SMILES string of the molecule is CN(C)CCCN1C(=O)C(=O)c2c(Br)cccc21. The molecule has 0 fully saturated rings. The van der Waals surface area contributed by atoms with E-state index in [-0.39, 0.29) is 0 Å². The van der Waals surface area contributed by atoms with Gasteiger partial charge in [-0.25, -0.2) is 0 Å². The third-order valence-corrected chi connectivity index (χ3v) is 3.60. The van der Waals surface area contributed by atoms with E-state index in [1.54, 1.807) is 11.0 Å². The van der Waals surface area contributed by atoms with E-state index in [2.05, 4.69) is 20.8 Å². The average molecular weight is 311 g/mol. The highest BCUT2D eigenvalue weighted by Gasteiger charge is 2.36. The minimum Gasteiger partial charge on any atom is -0.309 e. The molecule has 0 spiro atoms. The number of fused-ring (bicyclic) bond motifs is 1. The predicted octanol–water partition coefficient (Wildman–Crippen LogP) is 1.93. The lowest BCUT2D eigenvalue weighted by molar-refractivity contribution is -0.114. The van der Waals surface area contributed by atoms with Gasteiger partial charge in [0.1, 0.15) is 0 Å². The number of amides is 1. The number of carbonyl (C=O) groups excluding carboxylic acids is 2. The van der Waals surface area contributed by atoms with Crippen LogP contribution < -0.4 is 4.90 Å². The van der Waals surface area contributed by atoms with Crippen molar-refractivity contribution in [3.63, 3.8) is 0 Å². The molecule has 1 aromatic rings. The number of carbonyl (C=O) groups is 2. The molecule has 0 saturated carbocycles. The zero-order valence-electron chi connectivity index (χ0n) is 10.4. The molecule has 0 atom stereocenters. The molecule has 18 heavy (non-hydrogen) atoms. The van der Waals surface area contributed by atoms with E-state index in [4.69, 9.17) is 0 Å². The first-order chi connectivity index (χ1) is 8.52. The van der Waals surface area contributed by atoms with Gasteiger partial charge >= 0.3 is 0 Å². The van der Waals surface area contributed by atoms with Crippen molar-refractivity contribution in [1.82, 2.24) is 4.90 Å². The van der Waals surface area contributed by atoms with Gasteiger partial charge in [-0.05, 0) is 55.1 Å². The highest BCUT2D eigenvalue weighted by atomic mass is 79.9. The van der Waals surface area contributed by atoms with Crippen LogP contribution in [0.4, 0.5) is 5.69 Å². The summed E-state index contributed by atoms with van der Waals surface area (Å²) in [6.07, 6.45) is 0.845. The maximum atomic E-state index is 11.9. The van der Waals surface area contributed by atoms with Crippen molar-refractivity contribution in [2.45, 2.75) is 6.42 Å². The molecule has 0 unspecified atom stereocenters. The topological polar surface area (TPSA) is 40.6 Å². The zero-order chi connectivity index (χ0) is 13.3. The van der Waals surface area contributed by atoms with E-state index in [9.17, 15) is 9.59 Å². The molecule has 0 radical (unpaired) electrons. The Labute approximate surface area is 115 Å². The van der Waals surface area contributed by atoms with Gasteiger partial charge in [0.2, 0.25) is 0 Å². The molecule has 4 nitrogen and oxygen atoms in total. The first-order valence-corrected chi connectivity index (χ1v) is 6.61. The van der Waals surface area contributed by atoms with Crippen molar-refractivity contribution >= 4 is 33.3 Å². The molecule has 1 aliphatic rings. The standard InChI is InChI=1S/C13H15BrN2O2/c1-15(2)7-4-8-16-10-6-3-5-9(14)11(10)12(17)13(16)18/h3,5-6H,4,7-8H2,1-2H3. The molecule has 0 aromatic heterocycles. The molecule has 1 aromatic carbocycles. The van der Waals surface area contributed by atoms with Crippen molar-refractivity contribution in [2.24, 2.45) is 0 Å². The van der Waals surface area contributed by atoms with E-state index in [1.807, 2.05) is 26.2 Å². The second-order valence-electron chi connectivity index (χ2n) is 4.58. The molecule has 0 bridgehead atoms. The van der Waals surface area contributed by atoms with Crippen LogP contribution in [0.25, 0.3) is 0 Å². The largest absolute Gasteiger partial charge is 0.309 e. The van der Waals surface area contributed by atoms with E-state index in [0.717, 1.165) is 18.7 Å². The van der Waals surface area contributed by atoms with Crippen LogP contribution >= 0.6 is 15.9 Å². The van der Waals surface area contributed by atoms with Gasteiger partial charge in [0.15, 0.2) is 0 Å². The summed E-state index contributed by atoms with van der Waals surface area (Å²) in [5, 5.41) is 0. The van der Waals surface area contributed by atoms with Crippen LogP contribution in [0.5, 0.6) is 0 Å². The lowest BCUT2D eigenvalue weighted by Crippen LogP contribution is -2.32. The molecule has 1 amide bonds. The summed E-state index contributed by atoms with van der Waals surface area (Å²) in [5.74, 6) is -0.835. The minimum absolute atomic E-state index is 0.415. The van der Waals surface area contributed by atoms with Gasteiger partial charge in [-0.3, -0.25) is 9.59 Å². The third kappa shape index (κ3) is 2.33. The Kier molecular flexibility index (Phi) is 3.82. The molecule has 1 heterocycles. The number of ketones is 1. The molecule has 0 N–H and O–H groups in total. The summed E-state index contributed by atoms with van der Waals surface area (Å²) in [6.45, 7) is 1.47. The summed E-state index contributed by atoms with van der Waals surface area (Å²) < 4.78 is 0.688. The lowest BCUT2D eigenvalue weighted by atomic mass is 10.1. The molecular formula is C13H15BrN2O2. The highest BCUT2D eigenvalue weighted by molar-refractivity contribution is 9.10. The minimum atomic E-state index is -0.421. The predicted molar refractivity (Wildman–Crippen MR) is 74.0 cm³/mol. The normalized spacial score (nSPS) is 14.6. The van der Waals surface area contributed by atoms with Crippen LogP contribution in [0.15, 0.2) is 22.7 Å². The zero-order valence-corrected chi connectivity index (χ0v) is 12.0. The summed E-state index contributed by atoms with van der Waals surface area (Å²) in [7, 11) is 3.98. The van der Waals surface area contributed by atoms with Gasteiger partial charge in [0, 0.05) is 11.0 Å². The molecule has 96 valence electrons. The average Bonchev–Trinajstić information content (AvgIpc) is 2.55. The Hall–Kier alpha value is -1.20. The van der Waals surface area contributed by atoms with Crippen molar-refractivity contribution in [1.29, 1.82) is 0 Å². The van der Waals surface area contributed by atoms with Crippen LogP contribution in [-0.2, 0) is 4.79 Å². The number of halogens is 1. The monoisotopic (exact) mass is 310 g/mol. The van der Waals surface area contributed by atoms with Crippen molar-refractivity contribution in [3.05, 3.63) is 28.2 Å². The molecule has 1 aliphatic heterocycles. The number of anilines is 1. The Balaban J connectivity index is 2.21. The Morgan fingerprint density at radius 2 is 2.00 bits per heavy atom. The highest BCUT2D eigenvalue weighted by Crippen LogP contribution is 2.34. The van der Waals surface area contributed by atoms with E-state index in [1.165, 1.54) is 0 Å². The quantitative estimate of drug-likeness (QED) is 0.798. The van der Waals surface area contributed by atoms with Crippen LogP contribution in [0.1, 0.15) is 16.8 Å². The van der Waals surface area contributed by atoms with Crippen molar-refractivity contribution < 1.29 is 9.59 Å². The van der Waals surface area contributed by atoms with E-state index >= 15 is 0 Å². The van der Waals surface area contributed by atoms with Crippen LogP contribution in [0, 0.1) is 0 Å². The summed E-state index contributed by atoms with van der Waals surface area (Å²) >= 11 is 3.33. The first-order valence-electron chi connectivity index (χ1n) is 5.82. The van der Waals surface area contributed by atoms with Crippen molar-refractivity contribution in [3.8, 4) is 0 Å². The second-order valence-corrected chi connectivity index (χ2v) is 5.43. The number of nitrogens with zero attached hydrogens (tertiary/aromatic N) is 2. The number of benzene rings is 1. The molecule has 5 heteroatoms. The Morgan fingerprint density at radius 3 is 2.67 bits per heavy atom. The summed E-state index contributed by atoms with van der Waals surface area (Å²) in [6, 6.07) is 5.44. The van der Waals surface area contributed by atoms with Crippen LogP contribution in [0.3, 0.4) is 0 Å². The molecule has 0 aliphatic carbocycles. The van der Waals surface area contributed by atoms with Gasteiger partial charge in [-0.1, -0.05) is 6.07 Å². The van der Waals surface area contributed by atoms with E-state index in [0.29, 0.717) is 16.6 Å². The number of Topliss-reactive ketones (excluding diaryl/α,β-unsaturated/α-hetero) is 1. The van der Waals surface area contributed by atoms with Gasteiger partial charge in [-0.2, -0.15) is 0 Å². The number of hydrogen-bond donors (Lipinski definition) is 0. The van der Waals surface area contributed by atoms with Gasteiger partial charge < -0.3 is 9.80 Å². The smallest absolute Gasteiger partial charge is 0.299 e. The molecule has 2 rings (SSSR count). The maximum absolute atomic E-state index is 11.9. The van der Waals surface area contributed by atoms with Crippen LogP contribution in [-0.4, -0.2) is 43.8 Å². The molecular weight excluding hydrogens is 296 g/mol. The van der Waals surface area contributed by atoms with Crippen LogP contribution in [0.2, 0.25) is 0 Å².